The van der Waals surface area contributed by atoms with E-state index >= 15 is 0 Å². The number of hydrogen-bond acceptors (Lipinski definition) is 3. The Balaban J connectivity index is 1.96. The Bertz CT molecular complexity index is 110. The molecule has 0 aromatic heterocycles. The summed E-state index contributed by atoms with van der Waals surface area (Å²) in [6.07, 6.45) is 1.59. The van der Waals surface area contributed by atoms with Gasteiger partial charge in [-0.05, 0) is 6.42 Å². The number of hydrogen-bond donors (Lipinski definition) is 0. The highest BCUT2D eigenvalue weighted by atomic mass is 32.2. The van der Waals surface area contributed by atoms with Gasteiger partial charge in [0.2, 0.25) is 0 Å². The fraction of sp³-hybridized carbons (Fsp3) is 0.833. The number of methoxy groups -OCH3 is 1. The van der Waals surface area contributed by atoms with Crippen LogP contribution in [0.4, 0.5) is 0 Å². The molecule has 0 unspecified atom stereocenters. The lowest BCUT2D eigenvalue weighted by Gasteiger charge is -1.94. The average Bonchev–Trinajstić information content (AvgIpc) is 2.65. The van der Waals surface area contributed by atoms with Gasteiger partial charge in [0.1, 0.15) is 0 Å². The summed E-state index contributed by atoms with van der Waals surface area (Å²) in [5.41, 5.74) is 0. The number of ether oxygens (including phenoxy) is 1. The Hall–Kier alpha value is -0.180. The summed E-state index contributed by atoms with van der Waals surface area (Å²) in [6.45, 7) is 0. The van der Waals surface area contributed by atoms with Gasteiger partial charge in [0.15, 0.2) is 0 Å². The molecule has 1 aliphatic rings. The number of carbonyl (C=O) groups is 1. The third-order valence-corrected chi connectivity index (χ3v) is 2.34. The van der Waals surface area contributed by atoms with Crippen molar-refractivity contribution < 1.29 is 9.53 Å². The van der Waals surface area contributed by atoms with Gasteiger partial charge in [-0.25, -0.2) is 0 Å². The highest BCUT2D eigenvalue weighted by molar-refractivity contribution is 8.06. The molecule has 2 nitrogen and oxygen atoms in total. The fourth-order valence-electron chi connectivity index (χ4n) is 0.616. The standard InChI is InChI=1S/C6H10O2S/c1-8-6(7)3-2-5-4-9-5/h5H,2-4H2,1H3/t5-/m0/s1. The van der Waals surface area contributed by atoms with Crippen LogP contribution in [0.15, 0.2) is 0 Å². The SMILES string of the molecule is COC(=O)CC[C@H]1CS1. The van der Waals surface area contributed by atoms with E-state index in [0.717, 1.165) is 11.7 Å². The van der Waals surface area contributed by atoms with Crippen LogP contribution in [-0.4, -0.2) is 24.1 Å². The van der Waals surface area contributed by atoms with E-state index in [1.54, 1.807) is 0 Å². The molecule has 0 bridgehead atoms. The number of rotatable bonds is 3. The van der Waals surface area contributed by atoms with Gasteiger partial charge < -0.3 is 4.74 Å². The molecule has 0 spiro atoms. The van der Waals surface area contributed by atoms with Gasteiger partial charge in [-0.15, -0.1) is 0 Å². The maximum atomic E-state index is 10.5. The molecule has 0 amide bonds. The highest BCUT2D eigenvalue weighted by Gasteiger charge is 2.22. The van der Waals surface area contributed by atoms with Crippen LogP contribution < -0.4 is 0 Å². The summed E-state index contributed by atoms with van der Waals surface area (Å²) in [7, 11) is 1.43. The van der Waals surface area contributed by atoms with Crippen LogP contribution >= 0.6 is 11.8 Å². The molecule has 1 fully saturated rings. The minimum absolute atomic E-state index is 0.0810. The van der Waals surface area contributed by atoms with Crippen molar-refractivity contribution in [3.05, 3.63) is 0 Å². The molecule has 0 radical (unpaired) electrons. The van der Waals surface area contributed by atoms with E-state index in [1.807, 2.05) is 11.8 Å². The summed E-state index contributed by atoms with van der Waals surface area (Å²) in [6, 6.07) is 0. The fourth-order valence-corrected chi connectivity index (χ4v) is 1.20. The monoisotopic (exact) mass is 146 g/mol. The van der Waals surface area contributed by atoms with E-state index in [-0.39, 0.29) is 5.97 Å². The van der Waals surface area contributed by atoms with Crippen LogP contribution in [0.25, 0.3) is 0 Å². The summed E-state index contributed by atoms with van der Waals surface area (Å²) < 4.78 is 4.48. The minimum atomic E-state index is -0.0810. The molecule has 0 aromatic rings. The van der Waals surface area contributed by atoms with Crippen LogP contribution in [-0.2, 0) is 9.53 Å². The molecule has 1 atom stereocenters. The van der Waals surface area contributed by atoms with Crippen molar-refractivity contribution in [3.8, 4) is 0 Å². The lowest BCUT2D eigenvalue weighted by atomic mass is 10.2. The number of thioether (sulfide) groups is 1. The van der Waals surface area contributed by atoms with E-state index < -0.39 is 0 Å². The van der Waals surface area contributed by atoms with Crippen molar-refractivity contribution in [1.82, 2.24) is 0 Å². The third kappa shape index (κ3) is 2.75. The first-order chi connectivity index (χ1) is 4.33. The summed E-state index contributed by atoms with van der Waals surface area (Å²) >= 11 is 1.91. The van der Waals surface area contributed by atoms with Crippen molar-refractivity contribution in [1.29, 1.82) is 0 Å². The van der Waals surface area contributed by atoms with E-state index in [0.29, 0.717) is 6.42 Å². The minimum Gasteiger partial charge on any atom is -0.469 e. The second-order valence-corrected chi connectivity index (χ2v) is 3.40. The molecule has 3 heteroatoms. The first-order valence-corrected chi connectivity index (χ1v) is 4.06. The van der Waals surface area contributed by atoms with Crippen molar-refractivity contribution in [2.75, 3.05) is 12.9 Å². The number of carbonyl (C=O) groups excluding carboxylic acids is 1. The van der Waals surface area contributed by atoms with Crippen LogP contribution in [0.5, 0.6) is 0 Å². The topological polar surface area (TPSA) is 26.3 Å². The van der Waals surface area contributed by atoms with Gasteiger partial charge >= 0.3 is 5.97 Å². The van der Waals surface area contributed by atoms with Crippen LogP contribution in [0, 0.1) is 0 Å². The van der Waals surface area contributed by atoms with Crippen LogP contribution in [0.2, 0.25) is 0 Å². The van der Waals surface area contributed by atoms with Gasteiger partial charge in [-0.2, -0.15) is 11.8 Å². The Kier molecular flexibility index (Phi) is 2.39. The largest absolute Gasteiger partial charge is 0.469 e. The van der Waals surface area contributed by atoms with E-state index in [9.17, 15) is 4.79 Å². The van der Waals surface area contributed by atoms with E-state index in [1.165, 1.54) is 12.9 Å². The van der Waals surface area contributed by atoms with Gasteiger partial charge in [-0.3, -0.25) is 4.79 Å². The quantitative estimate of drug-likeness (QED) is 0.440. The molecule has 0 aromatic carbocycles. The first-order valence-electron chi connectivity index (χ1n) is 3.01. The predicted molar refractivity (Wildman–Crippen MR) is 37.5 cm³/mol. The van der Waals surface area contributed by atoms with Crippen molar-refractivity contribution in [3.63, 3.8) is 0 Å². The van der Waals surface area contributed by atoms with Crippen molar-refractivity contribution in [2.24, 2.45) is 0 Å². The Morgan fingerprint density at radius 2 is 2.56 bits per heavy atom. The van der Waals surface area contributed by atoms with Crippen LogP contribution in [0.3, 0.4) is 0 Å². The zero-order valence-electron chi connectivity index (χ0n) is 5.42. The maximum Gasteiger partial charge on any atom is 0.305 e. The van der Waals surface area contributed by atoms with E-state index in [2.05, 4.69) is 4.74 Å². The van der Waals surface area contributed by atoms with E-state index in [4.69, 9.17) is 0 Å². The Morgan fingerprint density at radius 3 is 3.00 bits per heavy atom. The summed E-state index contributed by atoms with van der Waals surface area (Å²) in [5, 5.41) is 0.754. The van der Waals surface area contributed by atoms with Gasteiger partial charge in [0.25, 0.3) is 0 Å². The first kappa shape index (κ1) is 6.93. The smallest absolute Gasteiger partial charge is 0.305 e. The molecule has 1 aliphatic heterocycles. The molecule has 1 heterocycles. The molecule has 1 saturated heterocycles. The summed E-state index contributed by atoms with van der Waals surface area (Å²) in [5.74, 6) is 1.15. The predicted octanol–water partition coefficient (Wildman–Crippen LogP) is 1.05. The van der Waals surface area contributed by atoms with Crippen molar-refractivity contribution >= 4 is 17.7 Å². The van der Waals surface area contributed by atoms with Crippen LogP contribution in [0.1, 0.15) is 12.8 Å². The third-order valence-electron chi connectivity index (χ3n) is 1.30. The molecule has 0 aliphatic carbocycles. The molecular weight excluding hydrogens is 136 g/mol. The Labute approximate surface area is 59.0 Å². The maximum absolute atomic E-state index is 10.5. The zero-order valence-corrected chi connectivity index (χ0v) is 6.24. The molecular formula is C6H10O2S. The molecule has 52 valence electrons. The lowest BCUT2D eigenvalue weighted by molar-refractivity contribution is -0.140. The van der Waals surface area contributed by atoms with Gasteiger partial charge in [-0.1, -0.05) is 0 Å². The Morgan fingerprint density at radius 1 is 1.89 bits per heavy atom. The second-order valence-electron chi connectivity index (χ2n) is 2.07. The zero-order chi connectivity index (χ0) is 6.69. The molecule has 0 saturated carbocycles. The molecule has 0 N–H and O–H groups in total. The molecule has 9 heavy (non-hydrogen) atoms. The molecule has 1 rings (SSSR count). The van der Waals surface area contributed by atoms with Crippen molar-refractivity contribution in [2.45, 2.75) is 18.1 Å². The average molecular weight is 146 g/mol. The van der Waals surface area contributed by atoms with Gasteiger partial charge in [0, 0.05) is 17.4 Å². The summed E-state index contributed by atoms with van der Waals surface area (Å²) in [4.78, 5) is 10.5. The normalized spacial score (nSPS) is 23.4. The number of esters is 1. The second kappa shape index (κ2) is 3.11. The van der Waals surface area contributed by atoms with Gasteiger partial charge in [0.05, 0.1) is 7.11 Å². The highest BCUT2D eigenvalue weighted by Crippen LogP contribution is 2.33. The lowest BCUT2D eigenvalue weighted by Crippen LogP contribution is -2.00.